The number of rotatable bonds is 3. The van der Waals surface area contributed by atoms with Crippen LogP contribution in [-0.4, -0.2) is 23.0 Å². The van der Waals surface area contributed by atoms with Crippen molar-refractivity contribution in [1.29, 1.82) is 0 Å². The largest absolute Gasteiger partial charge is 0.485 e. The molecule has 0 aliphatic carbocycles. The van der Waals surface area contributed by atoms with Gasteiger partial charge in [-0.25, -0.2) is 4.39 Å². The predicted molar refractivity (Wildman–Crippen MR) is 113 cm³/mol. The van der Waals surface area contributed by atoms with Crippen molar-refractivity contribution in [1.82, 2.24) is 15.6 Å². The average molecular weight is 411 g/mol. The van der Waals surface area contributed by atoms with E-state index in [0.29, 0.717) is 23.4 Å². The maximum absolute atomic E-state index is 14.7. The Morgan fingerprint density at radius 2 is 2.03 bits per heavy atom. The number of benzene rings is 1. The lowest BCUT2D eigenvalue weighted by atomic mass is 9.93. The standard InChI is InChI=1S/C23H26FN3O3/c1-11-8-15(24)20-17(9-11)30-23(4,5)21(20)27-18(28)10-14-12(2)19-13(3)25-7-6-16(19)26-22(14)29/h6,8-9,21,25H,7,10H2,1-5H3,(H,26,29)(H,27,28)/t21-/m0/s1. The highest BCUT2D eigenvalue weighted by molar-refractivity contribution is 5.80. The lowest BCUT2D eigenvalue weighted by Gasteiger charge is -2.27. The molecule has 30 heavy (non-hydrogen) atoms. The SMILES string of the molecule is CC1=c2c(C)c(CC(=O)N[C@H]3c4c(F)cc(C)cc4OC3(C)C)c(=O)[nH]c2=CCN1. The van der Waals surface area contributed by atoms with Crippen LogP contribution in [-0.2, 0) is 11.2 Å². The fourth-order valence-electron chi connectivity index (χ4n) is 4.42. The van der Waals surface area contributed by atoms with Gasteiger partial charge in [-0.2, -0.15) is 0 Å². The highest BCUT2D eigenvalue weighted by Crippen LogP contribution is 2.44. The summed E-state index contributed by atoms with van der Waals surface area (Å²) in [5.74, 6) is -0.323. The Morgan fingerprint density at radius 1 is 1.30 bits per heavy atom. The van der Waals surface area contributed by atoms with Crippen molar-refractivity contribution in [2.75, 3.05) is 6.54 Å². The van der Waals surface area contributed by atoms with E-state index >= 15 is 0 Å². The molecule has 0 spiro atoms. The number of nitrogens with one attached hydrogen (secondary N) is 3. The van der Waals surface area contributed by atoms with Crippen LogP contribution in [0.5, 0.6) is 5.75 Å². The highest BCUT2D eigenvalue weighted by Gasteiger charge is 2.44. The third-order valence-electron chi connectivity index (χ3n) is 5.90. The molecular formula is C23H26FN3O3. The van der Waals surface area contributed by atoms with Gasteiger partial charge in [0.05, 0.1) is 18.0 Å². The molecular weight excluding hydrogens is 385 g/mol. The van der Waals surface area contributed by atoms with E-state index in [1.807, 2.05) is 33.8 Å². The lowest BCUT2D eigenvalue weighted by molar-refractivity contribution is -0.122. The van der Waals surface area contributed by atoms with Crippen molar-refractivity contribution in [3.05, 3.63) is 61.1 Å². The number of amides is 1. The lowest BCUT2D eigenvalue weighted by Crippen LogP contribution is -2.47. The third-order valence-corrected chi connectivity index (χ3v) is 5.90. The molecule has 2 aliphatic rings. The van der Waals surface area contributed by atoms with Gasteiger partial charge in [0.1, 0.15) is 17.2 Å². The van der Waals surface area contributed by atoms with Gasteiger partial charge in [0.25, 0.3) is 5.56 Å². The summed E-state index contributed by atoms with van der Waals surface area (Å²) in [7, 11) is 0. The number of carbonyl (C=O) groups is 1. The van der Waals surface area contributed by atoms with Crippen molar-refractivity contribution >= 4 is 17.7 Å². The number of carbonyl (C=O) groups excluding carboxylic acids is 1. The molecule has 3 N–H and O–H groups in total. The molecule has 0 unspecified atom stereocenters. The van der Waals surface area contributed by atoms with E-state index in [1.54, 1.807) is 13.0 Å². The van der Waals surface area contributed by atoms with Crippen LogP contribution in [0.1, 0.15) is 49.1 Å². The Labute approximate surface area is 173 Å². The van der Waals surface area contributed by atoms with Gasteiger partial charge in [-0.15, -0.1) is 0 Å². The molecule has 2 aliphatic heterocycles. The minimum absolute atomic E-state index is 0.100. The number of H-pyrrole nitrogens is 1. The Morgan fingerprint density at radius 3 is 2.77 bits per heavy atom. The van der Waals surface area contributed by atoms with E-state index in [4.69, 9.17) is 4.74 Å². The smallest absolute Gasteiger partial charge is 0.252 e. The van der Waals surface area contributed by atoms with E-state index < -0.39 is 17.5 Å². The molecule has 3 heterocycles. The number of ether oxygens (including phenoxy) is 1. The number of aromatic nitrogens is 1. The Hall–Kier alpha value is -3.09. The monoisotopic (exact) mass is 411 g/mol. The number of pyridine rings is 1. The number of aromatic amines is 1. The Kier molecular flexibility index (Phi) is 4.71. The second kappa shape index (κ2) is 7.00. The van der Waals surface area contributed by atoms with Crippen molar-refractivity contribution in [3.8, 4) is 5.75 Å². The second-order valence-corrected chi connectivity index (χ2v) is 8.60. The first-order valence-electron chi connectivity index (χ1n) is 10.0. The molecule has 1 aromatic heterocycles. The van der Waals surface area contributed by atoms with Crippen LogP contribution in [0.2, 0.25) is 0 Å². The molecule has 0 bridgehead atoms. The normalized spacial score (nSPS) is 18.6. The maximum atomic E-state index is 14.7. The summed E-state index contributed by atoms with van der Waals surface area (Å²) < 4.78 is 20.6. The van der Waals surface area contributed by atoms with Crippen LogP contribution in [0.4, 0.5) is 4.39 Å². The summed E-state index contributed by atoms with van der Waals surface area (Å²) in [5.41, 5.74) is 2.14. The fraction of sp³-hybridized carbons (Fsp3) is 0.391. The van der Waals surface area contributed by atoms with Crippen molar-refractivity contribution in [2.45, 2.75) is 52.7 Å². The minimum Gasteiger partial charge on any atom is -0.485 e. The molecule has 2 aromatic rings. The van der Waals surface area contributed by atoms with Crippen LogP contribution < -0.4 is 31.5 Å². The summed E-state index contributed by atoms with van der Waals surface area (Å²) in [6, 6.07) is 2.55. The minimum atomic E-state index is -0.812. The third kappa shape index (κ3) is 3.28. The number of hydrogen-bond acceptors (Lipinski definition) is 4. The molecule has 0 fully saturated rings. The molecule has 1 amide bonds. The predicted octanol–water partition coefficient (Wildman–Crippen LogP) is 1.21. The summed E-state index contributed by atoms with van der Waals surface area (Å²) >= 11 is 0. The van der Waals surface area contributed by atoms with E-state index in [2.05, 4.69) is 15.6 Å². The van der Waals surface area contributed by atoms with Crippen molar-refractivity contribution in [2.24, 2.45) is 0 Å². The van der Waals surface area contributed by atoms with Gasteiger partial charge in [0.2, 0.25) is 5.91 Å². The first-order valence-corrected chi connectivity index (χ1v) is 10.0. The zero-order valence-electron chi connectivity index (χ0n) is 17.8. The van der Waals surface area contributed by atoms with E-state index in [-0.39, 0.29) is 17.9 Å². The van der Waals surface area contributed by atoms with Crippen molar-refractivity contribution < 1.29 is 13.9 Å². The molecule has 6 nitrogen and oxygen atoms in total. The zero-order valence-corrected chi connectivity index (χ0v) is 17.8. The van der Waals surface area contributed by atoms with Gasteiger partial charge in [-0.05, 0) is 64.0 Å². The highest BCUT2D eigenvalue weighted by atomic mass is 19.1. The first-order chi connectivity index (χ1) is 14.1. The summed E-state index contributed by atoms with van der Waals surface area (Å²) in [4.78, 5) is 28.4. The molecule has 0 radical (unpaired) electrons. The van der Waals surface area contributed by atoms with Crippen molar-refractivity contribution in [3.63, 3.8) is 0 Å². The Bertz CT molecular complexity index is 1240. The summed E-state index contributed by atoms with van der Waals surface area (Å²) in [6.45, 7) is 9.85. The molecule has 0 saturated heterocycles. The number of fused-ring (bicyclic) bond motifs is 2. The van der Waals surface area contributed by atoms with Gasteiger partial charge in [-0.3, -0.25) is 9.59 Å². The molecule has 1 atom stereocenters. The van der Waals surface area contributed by atoms with E-state index in [1.165, 1.54) is 6.07 Å². The van der Waals surface area contributed by atoms with Gasteiger partial charge >= 0.3 is 0 Å². The number of hydrogen-bond donors (Lipinski definition) is 3. The molecule has 7 heteroatoms. The van der Waals surface area contributed by atoms with E-state index in [9.17, 15) is 14.0 Å². The number of halogens is 1. The topological polar surface area (TPSA) is 83.2 Å². The summed E-state index contributed by atoms with van der Waals surface area (Å²) in [6.07, 6.45) is 1.82. The summed E-state index contributed by atoms with van der Waals surface area (Å²) in [5, 5.41) is 7.83. The van der Waals surface area contributed by atoms with Gasteiger partial charge in [0, 0.05) is 28.4 Å². The number of aryl methyl sites for hydroxylation is 1. The van der Waals surface area contributed by atoms with Crippen LogP contribution in [0.25, 0.3) is 11.8 Å². The van der Waals surface area contributed by atoms with Crippen LogP contribution >= 0.6 is 0 Å². The van der Waals surface area contributed by atoms with Crippen LogP contribution in [0.15, 0.2) is 16.9 Å². The molecule has 4 rings (SSSR count). The second-order valence-electron chi connectivity index (χ2n) is 8.60. The molecule has 158 valence electrons. The van der Waals surface area contributed by atoms with Gasteiger partial charge < -0.3 is 20.4 Å². The quantitative estimate of drug-likeness (QED) is 0.709. The van der Waals surface area contributed by atoms with Gasteiger partial charge in [0.15, 0.2) is 0 Å². The van der Waals surface area contributed by atoms with Gasteiger partial charge in [-0.1, -0.05) is 0 Å². The average Bonchev–Trinajstić information content (AvgIpc) is 2.88. The van der Waals surface area contributed by atoms with E-state index in [0.717, 1.165) is 27.4 Å². The molecule has 0 saturated carbocycles. The fourth-order valence-corrected chi connectivity index (χ4v) is 4.42. The maximum Gasteiger partial charge on any atom is 0.252 e. The Balaban J connectivity index is 1.67. The first kappa shape index (κ1) is 20.2. The zero-order chi connectivity index (χ0) is 21.8. The molecule has 1 aromatic carbocycles. The van der Waals surface area contributed by atoms with Crippen LogP contribution in [0, 0.1) is 19.7 Å². The van der Waals surface area contributed by atoms with Crippen LogP contribution in [0.3, 0.4) is 0 Å².